The minimum atomic E-state index is -0.127. The maximum Gasteiger partial charge on any atom is 0.148 e. The molecule has 86 valence electrons. The molecule has 0 aliphatic rings. The third-order valence-electron chi connectivity index (χ3n) is 2.26. The first-order chi connectivity index (χ1) is 7.70. The Morgan fingerprint density at radius 2 is 2.31 bits per heavy atom. The number of rotatable bonds is 4. The molecule has 2 heterocycles. The lowest BCUT2D eigenvalue weighted by molar-refractivity contribution is 0.557. The first-order valence-electron chi connectivity index (χ1n) is 5.11. The van der Waals surface area contributed by atoms with Crippen LogP contribution in [0.2, 0.25) is 0 Å². The Kier molecular flexibility index (Phi) is 3.19. The van der Waals surface area contributed by atoms with Gasteiger partial charge in [-0.15, -0.1) is 16.7 Å². The number of hydrogen-bond acceptors (Lipinski definition) is 4. The molecule has 0 saturated carbocycles. The predicted molar refractivity (Wildman–Crippen MR) is 59.1 cm³/mol. The van der Waals surface area contributed by atoms with Gasteiger partial charge in [0.1, 0.15) is 24.4 Å². The summed E-state index contributed by atoms with van der Waals surface area (Å²) in [5.74, 6) is 0.862. The minimum Gasteiger partial charge on any atom is -0.249 e. The quantitative estimate of drug-likeness (QED) is 0.755. The summed E-state index contributed by atoms with van der Waals surface area (Å²) in [6, 6.07) is 0. The van der Waals surface area contributed by atoms with Crippen molar-refractivity contribution >= 4 is 11.6 Å². The fourth-order valence-electron chi connectivity index (χ4n) is 1.39. The predicted octanol–water partition coefficient (Wildman–Crippen LogP) is 1.24. The van der Waals surface area contributed by atoms with Crippen LogP contribution in [-0.4, -0.2) is 29.8 Å². The third kappa shape index (κ3) is 2.21. The Hall–Kier alpha value is -1.43. The molecule has 2 rings (SSSR count). The Balaban J connectivity index is 2.14. The van der Waals surface area contributed by atoms with Crippen LogP contribution in [0.4, 0.5) is 0 Å². The lowest BCUT2D eigenvalue weighted by atomic mass is 10.4. The zero-order valence-corrected chi connectivity index (χ0v) is 9.96. The highest BCUT2D eigenvalue weighted by Crippen LogP contribution is 2.15. The molecule has 0 radical (unpaired) electrons. The van der Waals surface area contributed by atoms with E-state index >= 15 is 0 Å². The van der Waals surface area contributed by atoms with Gasteiger partial charge in [0.25, 0.3) is 0 Å². The molecule has 1 atom stereocenters. The number of nitrogens with zero attached hydrogens (tertiary/aromatic N) is 6. The van der Waals surface area contributed by atoms with Gasteiger partial charge >= 0.3 is 0 Å². The molecule has 0 saturated heterocycles. The van der Waals surface area contributed by atoms with E-state index < -0.39 is 0 Å². The molecule has 2 aromatic rings. The van der Waals surface area contributed by atoms with Gasteiger partial charge in [0.2, 0.25) is 0 Å². The molecule has 0 aliphatic carbocycles. The maximum absolute atomic E-state index is 5.91. The van der Waals surface area contributed by atoms with E-state index in [1.165, 1.54) is 0 Å². The van der Waals surface area contributed by atoms with E-state index in [1.807, 2.05) is 24.7 Å². The van der Waals surface area contributed by atoms with Crippen molar-refractivity contribution in [3.05, 3.63) is 24.0 Å². The molecule has 0 spiro atoms. The molecule has 0 aromatic carbocycles. The highest BCUT2D eigenvalue weighted by Gasteiger charge is 2.09. The summed E-state index contributed by atoms with van der Waals surface area (Å²) < 4.78 is 3.54. The summed E-state index contributed by atoms with van der Waals surface area (Å²) in [5.41, 5.74) is 0.768. The second kappa shape index (κ2) is 4.61. The van der Waals surface area contributed by atoms with Crippen LogP contribution in [-0.2, 0) is 13.1 Å². The van der Waals surface area contributed by atoms with Gasteiger partial charge in [-0.2, -0.15) is 5.10 Å². The monoisotopic (exact) mass is 240 g/mol. The standard InChI is InChI=1S/C9H13ClN6/c1-3-16-9(11-6-12-16)5-15-4-8(7(2)10)13-14-15/h4,6-7H,3,5H2,1-2H3. The van der Waals surface area contributed by atoms with E-state index in [0.717, 1.165) is 18.1 Å². The van der Waals surface area contributed by atoms with E-state index in [-0.39, 0.29) is 5.38 Å². The Labute approximate surface area is 98.2 Å². The van der Waals surface area contributed by atoms with Gasteiger partial charge in [-0.3, -0.25) is 0 Å². The van der Waals surface area contributed by atoms with Crippen molar-refractivity contribution in [2.24, 2.45) is 0 Å². The Morgan fingerprint density at radius 1 is 1.50 bits per heavy atom. The van der Waals surface area contributed by atoms with Crippen molar-refractivity contribution in [1.82, 2.24) is 29.8 Å². The maximum atomic E-state index is 5.91. The highest BCUT2D eigenvalue weighted by atomic mass is 35.5. The fourth-order valence-corrected chi connectivity index (χ4v) is 1.49. The lowest BCUT2D eigenvalue weighted by Crippen LogP contribution is -2.09. The summed E-state index contributed by atoms with van der Waals surface area (Å²) in [6.07, 6.45) is 3.37. The van der Waals surface area contributed by atoms with E-state index in [2.05, 4.69) is 20.4 Å². The molecule has 0 aliphatic heterocycles. The lowest BCUT2D eigenvalue weighted by Gasteiger charge is -2.01. The van der Waals surface area contributed by atoms with Crippen molar-refractivity contribution < 1.29 is 0 Å². The minimum absolute atomic E-state index is 0.127. The first-order valence-corrected chi connectivity index (χ1v) is 5.55. The van der Waals surface area contributed by atoms with Gasteiger partial charge in [-0.05, 0) is 13.8 Å². The van der Waals surface area contributed by atoms with Crippen LogP contribution in [0.15, 0.2) is 12.5 Å². The van der Waals surface area contributed by atoms with Gasteiger partial charge < -0.3 is 0 Å². The number of aryl methyl sites for hydroxylation is 1. The Morgan fingerprint density at radius 3 is 2.94 bits per heavy atom. The van der Waals surface area contributed by atoms with Crippen molar-refractivity contribution in [3.8, 4) is 0 Å². The van der Waals surface area contributed by atoms with Crippen molar-refractivity contribution in [2.45, 2.75) is 32.3 Å². The smallest absolute Gasteiger partial charge is 0.148 e. The van der Waals surface area contributed by atoms with Gasteiger partial charge in [-0.25, -0.2) is 14.3 Å². The first kappa shape index (κ1) is 11.1. The molecule has 0 fully saturated rings. The molecular weight excluding hydrogens is 228 g/mol. The molecule has 6 nitrogen and oxygen atoms in total. The molecule has 0 N–H and O–H groups in total. The van der Waals surface area contributed by atoms with Crippen LogP contribution < -0.4 is 0 Å². The van der Waals surface area contributed by atoms with Gasteiger partial charge in [-0.1, -0.05) is 5.21 Å². The SMILES string of the molecule is CCn1ncnc1Cn1cc(C(C)Cl)nn1. The van der Waals surface area contributed by atoms with Crippen LogP contribution in [0.3, 0.4) is 0 Å². The van der Waals surface area contributed by atoms with Gasteiger partial charge in [0, 0.05) is 6.54 Å². The number of hydrogen-bond donors (Lipinski definition) is 0. The zero-order valence-electron chi connectivity index (χ0n) is 9.21. The molecule has 1 unspecified atom stereocenters. The fraction of sp³-hybridized carbons (Fsp3) is 0.556. The summed E-state index contributed by atoms with van der Waals surface area (Å²) in [4.78, 5) is 4.17. The summed E-state index contributed by atoms with van der Waals surface area (Å²) in [6.45, 7) is 5.24. The van der Waals surface area contributed by atoms with E-state index in [1.54, 1.807) is 11.0 Å². The second-order valence-corrected chi connectivity index (χ2v) is 4.10. The number of aromatic nitrogens is 6. The van der Waals surface area contributed by atoms with Crippen LogP contribution in [0, 0.1) is 0 Å². The topological polar surface area (TPSA) is 61.4 Å². The van der Waals surface area contributed by atoms with Crippen molar-refractivity contribution in [2.75, 3.05) is 0 Å². The molecule has 2 aromatic heterocycles. The van der Waals surface area contributed by atoms with Gasteiger partial charge in [0.05, 0.1) is 11.6 Å². The molecule has 7 heteroatoms. The average molecular weight is 241 g/mol. The highest BCUT2D eigenvalue weighted by molar-refractivity contribution is 6.20. The third-order valence-corrected chi connectivity index (χ3v) is 2.49. The average Bonchev–Trinajstić information content (AvgIpc) is 2.87. The molecule has 16 heavy (non-hydrogen) atoms. The number of alkyl halides is 1. The van der Waals surface area contributed by atoms with E-state index in [9.17, 15) is 0 Å². The largest absolute Gasteiger partial charge is 0.249 e. The molecular formula is C9H13ClN6. The van der Waals surface area contributed by atoms with E-state index in [0.29, 0.717) is 6.54 Å². The van der Waals surface area contributed by atoms with E-state index in [4.69, 9.17) is 11.6 Å². The van der Waals surface area contributed by atoms with Crippen molar-refractivity contribution in [3.63, 3.8) is 0 Å². The Bertz CT molecular complexity index is 460. The van der Waals surface area contributed by atoms with Crippen LogP contribution >= 0.6 is 11.6 Å². The van der Waals surface area contributed by atoms with Crippen molar-refractivity contribution in [1.29, 1.82) is 0 Å². The summed E-state index contributed by atoms with van der Waals surface area (Å²) in [5, 5.41) is 11.9. The van der Waals surface area contributed by atoms with Crippen LogP contribution in [0.25, 0.3) is 0 Å². The summed E-state index contributed by atoms with van der Waals surface area (Å²) >= 11 is 5.91. The summed E-state index contributed by atoms with van der Waals surface area (Å²) in [7, 11) is 0. The normalized spacial score (nSPS) is 12.9. The van der Waals surface area contributed by atoms with Gasteiger partial charge in [0.15, 0.2) is 0 Å². The molecule has 0 amide bonds. The van der Waals surface area contributed by atoms with Crippen LogP contribution in [0.1, 0.15) is 30.7 Å². The number of halogens is 1. The zero-order chi connectivity index (χ0) is 11.5. The second-order valence-electron chi connectivity index (χ2n) is 3.45. The molecule has 0 bridgehead atoms. The van der Waals surface area contributed by atoms with Crippen LogP contribution in [0.5, 0.6) is 0 Å².